The highest BCUT2D eigenvalue weighted by atomic mass is 79.9. The molecule has 0 fully saturated rings. The molecule has 0 bridgehead atoms. The van der Waals surface area contributed by atoms with Crippen LogP contribution < -0.4 is 21.5 Å². The van der Waals surface area contributed by atoms with E-state index in [0.29, 0.717) is 10.2 Å². The highest BCUT2D eigenvalue weighted by Crippen LogP contribution is 2.30. The Kier molecular flexibility index (Phi) is 4.54. The molecule has 0 saturated carbocycles. The van der Waals surface area contributed by atoms with Crippen LogP contribution >= 0.6 is 0 Å². The quantitative estimate of drug-likeness (QED) is 0.789. The molecule has 2 nitrogen and oxygen atoms in total. The maximum atomic E-state index is 9.81. The Hall–Kier alpha value is -1.32. The van der Waals surface area contributed by atoms with Crippen molar-refractivity contribution in [1.82, 2.24) is 4.48 Å². The van der Waals surface area contributed by atoms with E-state index in [1.54, 1.807) is 6.07 Å². The number of benzene rings is 2. The number of phenolic OH excluding ortho intramolecular Hbond substituents is 1. The molecule has 18 heavy (non-hydrogen) atoms. The zero-order valence-corrected chi connectivity index (χ0v) is 12.5. The van der Waals surface area contributed by atoms with Gasteiger partial charge in [-0.3, -0.25) is 4.48 Å². The maximum absolute atomic E-state index is 9.81. The fourth-order valence-corrected chi connectivity index (χ4v) is 1.78. The normalized spacial score (nSPS) is 10.8. The van der Waals surface area contributed by atoms with Crippen molar-refractivity contribution in [2.75, 3.05) is 21.1 Å². The minimum absolute atomic E-state index is 0. The lowest BCUT2D eigenvalue weighted by Gasteiger charge is -2.24. The van der Waals surface area contributed by atoms with E-state index in [9.17, 15) is 5.11 Å². The van der Waals surface area contributed by atoms with Crippen LogP contribution in [0.25, 0.3) is 11.1 Å². The second-order valence-electron chi connectivity index (χ2n) is 5.12. The summed E-state index contributed by atoms with van der Waals surface area (Å²) in [5.74, 6) is 0.314. The van der Waals surface area contributed by atoms with Gasteiger partial charge >= 0.3 is 0 Å². The third-order valence-electron chi connectivity index (χ3n) is 2.78. The minimum atomic E-state index is 0. The van der Waals surface area contributed by atoms with Gasteiger partial charge in [0.2, 0.25) is 0 Å². The lowest BCUT2D eigenvalue weighted by Crippen LogP contribution is -3.00. The smallest absolute Gasteiger partial charge is 0.136 e. The van der Waals surface area contributed by atoms with Gasteiger partial charge < -0.3 is 22.1 Å². The van der Waals surface area contributed by atoms with Gasteiger partial charge in [-0.1, -0.05) is 30.3 Å². The highest BCUT2D eigenvalue weighted by molar-refractivity contribution is 5.69. The van der Waals surface area contributed by atoms with Gasteiger partial charge in [0.25, 0.3) is 0 Å². The van der Waals surface area contributed by atoms with E-state index in [4.69, 9.17) is 0 Å². The summed E-state index contributed by atoms with van der Waals surface area (Å²) < 4.78 is 0.689. The lowest BCUT2D eigenvalue weighted by molar-refractivity contribution is -0.00000473. The molecule has 0 amide bonds. The van der Waals surface area contributed by atoms with Crippen LogP contribution in [-0.4, -0.2) is 26.2 Å². The van der Waals surface area contributed by atoms with Crippen LogP contribution in [0.4, 0.5) is 5.69 Å². The molecule has 0 unspecified atom stereocenters. The molecule has 3 heteroatoms. The predicted molar refractivity (Wildman–Crippen MR) is 73.1 cm³/mol. The number of halogens is 1. The van der Waals surface area contributed by atoms with Gasteiger partial charge in [0.15, 0.2) is 0 Å². The molecule has 2 aromatic carbocycles. The van der Waals surface area contributed by atoms with E-state index in [-0.39, 0.29) is 17.0 Å². The first kappa shape index (κ1) is 14.7. The van der Waals surface area contributed by atoms with E-state index in [1.807, 2.05) is 36.4 Å². The lowest BCUT2D eigenvalue weighted by atomic mass is 10.0. The molecular formula is C15H18BrNO. The van der Waals surface area contributed by atoms with E-state index in [1.165, 1.54) is 0 Å². The number of hydrogen-bond acceptors (Lipinski definition) is 1. The summed E-state index contributed by atoms with van der Waals surface area (Å²) >= 11 is 0. The van der Waals surface area contributed by atoms with Crippen molar-refractivity contribution in [3.05, 3.63) is 48.5 Å². The van der Waals surface area contributed by atoms with Crippen molar-refractivity contribution in [1.29, 1.82) is 0 Å². The first-order chi connectivity index (χ1) is 7.97. The highest BCUT2D eigenvalue weighted by Gasteiger charge is 2.14. The molecule has 0 radical (unpaired) electrons. The zero-order valence-electron chi connectivity index (χ0n) is 10.9. The van der Waals surface area contributed by atoms with Crippen molar-refractivity contribution < 1.29 is 22.1 Å². The van der Waals surface area contributed by atoms with E-state index >= 15 is 0 Å². The Balaban J connectivity index is 0.00000162. The molecule has 2 rings (SSSR count). The van der Waals surface area contributed by atoms with Crippen LogP contribution in [0.15, 0.2) is 48.5 Å². The van der Waals surface area contributed by atoms with Gasteiger partial charge in [-0.2, -0.15) is 0 Å². The minimum Gasteiger partial charge on any atom is -1.00 e. The summed E-state index contributed by atoms with van der Waals surface area (Å²) in [6.45, 7) is 0. The summed E-state index contributed by atoms with van der Waals surface area (Å²) in [6, 6.07) is 15.8. The number of quaternary nitrogens is 1. The van der Waals surface area contributed by atoms with E-state index < -0.39 is 0 Å². The van der Waals surface area contributed by atoms with Crippen molar-refractivity contribution in [2.24, 2.45) is 0 Å². The monoisotopic (exact) mass is 307 g/mol. The van der Waals surface area contributed by atoms with Crippen LogP contribution in [0.1, 0.15) is 0 Å². The fraction of sp³-hybridized carbons (Fsp3) is 0.200. The number of hydrogen-bond donors (Lipinski definition) is 1. The molecule has 1 N–H and O–H groups in total. The Bertz CT molecular complexity index is 518. The molecule has 0 heterocycles. The second kappa shape index (κ2) is 5.55. The summed E-state index contributed by atoms with van der Waals surface area (Å²) in [5, 5.41) is 9.81. The molecular weight excluding hydrogens is 290 g/mol. The van der Waals surface area contributed by atoms with Crippen LogP contribution in [0.5, 0.6) is 5.75 Å². The Labute approximate surface area is 119 Å². The Morgan fingerprint density at radius 3 is 2.00 bits per heavy atom. The van der Waals surface area contributed by atoms with E-state index in [2.05, 4.69) is 27.2 Å². The zero-order chi connectivity index (χ0) is 12.5. The molecule has 2 aromatic rings. The van der Waals surface area contributed by atoms with Crippen molar-refractivity contribution in [3.63, 3.8) is 0 Å². The van der Waals surface area contributed by atoms with Crippen LogP contribution in [0.3, 0.4) is 0 Å². The Morgan fingerprint density at radius 1 is 0.833 bits per heavy atom. The SMILES string of the molecule is C[N+](C)(C)c1cc(O)cc(-c2ccccc2)c1.[Br-]. The molecule has 0 saturated heterocycles. The average Bonchev–Trinajstić information content (AvgIpc) is 2.28. The third kappa shape index (κ3) is 3.34. The van der Waals surface area contributed by atoms with Gasteiger partial charge in [0.05, 0.1) is 21.1 Å². The Morgan fingerprint density at radius 2 is 1.44 bits per heavy atom. The summed E-state index contributed by atoms with van der Waals surface area (Å²) in [4.78, 5) is 0. The molecule has 0 aromatic heterocycles. The average molecular weight is 308 g/mol. The third-order valence-corrected chi connectivity index (χ3v) is 2.78. The molecule has 0 aliphatic carbocycles. The van der Waals surface area contributed by atoms with Crippen molar-refractivity contribution >= 4 is 5.69 Å². The number of rotatable bonds is 2. The van der Waals surface area contributed by atoms with E-state index in [0.717, 1.165) is 16.8 Å². The molecule has 0 aliphatic heterocycles. The first-order valence-corrected chi connectivity index (χ1v) is 5.68. The second-order valence-corrected chi connectivity index (χ2v) is 5.12. The molecule has 96 valence electrons. The molecule has 0 spiro atoms. The number of aromatic hydroxyl groups is 1. The molecule has 0 aliphatic rings. The van der Waals surface area contributed by atoms with Gasteiger partial charge in [0, 0.05) is 12.1 Å². The largest absolute Gasteiger partial charge is 1.00 e. The summed E-state index contributed by atoms with van der Waals surface area (Å²) in [7, 11) is 6.26. The fourth-order valence-electron chi connectivity index (χ4n) is 1.78. The van der Waals surface area contributed by atoms with Crippen molar-refractivity contribution in [2.45, 2.75) is 0 Å². The molecule has 0 atom stereocenters. The first-order valence-electron chi connectivity index (χ1n) is 5.68. The van der Waals surface area contributed by atoms with Crippen LogP contribution in [0.2, 0.25) is 0 Å². The van der Waals surface area contributed by atoms with Gasteiger partial charge in [0.1, 0.15) is 11.4 Å². The van der Waals surface area contributed by atoms with Gasteiger partial charge in [-0.05, 0) is 17.2 Å². The van der Waals surface area contributed by atoms with Crippen LogP contribution in [0, 0.1) is 0 Å². The summed E-state index contributed by atoms with van der Waals surface area (Å²) in [6.07, 6.45) is 0. The number of nitrogens with zero attached hydrogens (tertiary/aromatic N) is 1. The summed E-state index contributed by atoms with van der Waals surface area (Å²) in [5.41, 5.74) is 3.26. The predicted octanol–water partition coefficient (Wildman–Crippen LogP) is 0.260. The maximum Gasteiger partial charge on any atom is 0.136 e. The van der Waals surface area contributed by atoms with Crippen LogP contribution in [-0.2, 0) is 0 Å². The van der Waals surface area contributed by atoms with Gasteiger partial charge in [-0.15, -0.1) is 0 Å². The topological polar surface area (TPSA) is 20.2 Å². The van der Waals surface area contributed by atoms with Gasteiger partial charge in [-0.25, -0.2) is 0 Å². The standard InChI is InChI=1S/C15H17NO.BrH/c1-16(2,3)14-9-13(10-15(17)11-14)12-7-5-4-6-8-12;/h4-11H,1-3H3;1H. The van der Waals surface area contributed by atoms with Crippen molar-refractivity contribution in [3.8, 4) is 16.9 Å². The number of phenols is 1.